The second-order valence-corrected chi connectivity index (χ2v) is 7.33. The van der Waals surface area contributed by atoms with Gasteiger partial charge in [-0.3, -0.25) is 14.8 Å². The summed E-state index contributed by atoms with van der Waals surface area (Å²) in [6.07, 6.45) is 3.52. The fourth-order valence-corrected chi connectivity index (χ4v) is 4.08. The smallest absolute Gasteiger partial charge is 0.254 e. The second-order valence-electron chi connectivity index (χ2n) is 7.33. The average molecular weight is 395 g/mol. The summed E-state index contributed by atoms with van der Waals surface area (Å²) in [4.78, 5) is 33.6. The summed E-state index contributed by atoms with van der Waals surface area (Å²) in [5.74, 6) is -0.00340. The number of ether oxygens (including phenoxy) is 1. The molecule has 1 saturated heterocycles. The van der Waals surface area contributed by atoms with E-state index in [4.69, 9.17) is 14.7 Å². The first-order valence-corrected chi connectivity index (χ1v) is 9.89. The fourth-order valence-electron chi connectivity index (χ4n) is 4.08. The normalized spacial score (nSPS) is 14.7. The lowest BCUT2D eigenvalue weighted by Crippen LogP contribution is -2.40. The number of aromatic nitrogens is 4. The van der Waals surface area contributed by atoms with E-state index in [9.17, 15) is 4.79 Å². The molecule has 3 aromatic heterocycles. The van der Waals surface area contributed by atoms with Crippen LogP contribution in [-0.2, 0) is 4.74 Å². The van der Waals surface area contributed by atoms with Crippen molar-refractivity contribution in [1.82, 2.24) is 24.8 Å². The van der Waals surface area contributed by atoms with E-state index in [0.717, 1.165) is 38.4 Å². The molecule has 4 heterocycles. The molecule has 0 N–H and O–H groups in total. The quantitative estimate of drug-likeness (QED) is 0.320. The molecule has 2 aromatic carbocycles. The Kier molecular flexibility index (Phi) is 3.82. The summed E-state index contributed by atoms with van der Waals surface area (Å²) in [6.45, 7) is 2.36. The van der Waals surface area contributed by atoms with E-state index in [1.165, 1.54) is 0 Å². The number of hydrogen-bond donors (Lipinski definition) is 0. The molecule has 30 heavy (non-hydrogen) atoms. The predicted octanol–water partition coefficient (Wildman–Crippen LogP) is 3.35. The summed E-state index contributed by atoms with van der Waals surface area (Å²) in [5.41, 5.74) is 5.22. The van der Waals surface area contributed by atoms with Gasteiger partial charge >= 0.3 is 0 Å². The SMILES string of the molecule is O=C(c1ccc2nc3c4cccnc4c4ncccc4c3nc2c1)N1CCOCC1. The monoisotopic (exact) mass is 395 g/mol. The number of carbonyl (C=O) groups excluding carboxylic acids is 1. The number of fused-ring (bicyclic) bond motifs is 7. The molecule has 1 aliphatic rings. The van der Waals surface area contributed by atoms with Gasteiger partial charge in [-0.15, -0.1) is 0 Å². The van der Waals surface area contributed by atoms with E-state index < -0.39 is 0 Å². The fraction of sp³-hybridized carbons (Fsp3) is 0.174. The van der Waals surface area contributed by atoms with Crippen LogP contribution in [-0.4, -0.2) is 57.0 Å². The van der Waals surface area contributed by atoms with E-state index in [2.05, 4.69) is 9.97 Å². The van der Waals surface area contributed by atoms with Crippen molar-refractivity contribution in [2.75, 3.05) is 26.3 Å². The second kappa shape index (κ2) is 6.67. The van der Waals surface area contributed by atoms with E-state index in [1.807, 2.05) is 47.4 Å². The number of nitrogens with zero attached hydrogens (tertiary/aromatic N) is 5. The molecule has 1 amide bonds. The van der Waals surface area contributed by atoms with Crippen molar-refractivity contribution in [3.8, 4) is 0 Å². The van der Waals surface area contributed by atoms with Crippen molar-refractivity contribution in [3.63, 3.8) is 0 Å². The molecule has 0 aliphatic carbocycles. The highest BCUT2D eigenvalue weighted by atomic mass is 16.5. The minimum Gasteiger partial charge on any atom is -0.378 e. The number of morpholine rings is 1. The van der Waals surface area contributed by atoms with Crippen LogP contribution in [0.5, 0.6) is 0 Å². The summed E-state index contributed by atoms with van der Waals surface area (Å²) in [6, 6.07) is 13.3. The van der Waals surface area contributed by atoms with Crippen molar-refractivity contribution < 1.29 is 9.53 Å². The zero-order chi connectivity index (χ0) is 20.1. The third kappa shape index (κ3) is 2.59. The van der Waals surface area contributed by atoms with Crippen molar-refractivity contribution in [3.05, 3.63) is 60.4 Å². The predicted molar refractivity (Wildman–Crippen MR) is 114 cm³/mol. The number of benzene rings is 2. The highest BCUT2D eigenvalue weighted by molar-refractivity contribution is 6.21. The van der Waals surface area contributed by atoms with Crippen LogP contribution in [0.15, 0.2) is 54.9 Å². The summed E-state index contributed by atoms with van der Waals surface area (Å²) in [5, 5.41) is 1.82. The van der Waals surface area contributed by atoms with Crippen LogP contribution in [0.4, 0.5) is 0 Å². The van der Waals surface area contributed by atoms with Gasteiger partial charge in [-0.1, -0.05) is 0 Å². The molecule has 146 valence electrons. The summed E-state index contributed by atoms with van der Waals surface area (Å²) < 4.78 is 5.35. The highest BCUT2D eigenvalue weighted by Gasteiger charge is 2.20. The lowest BCUT2D eigenvalue weighted by Gasteiger charge is -2.26. The molecule has 7 heteroatoms. The Labute approximate surface area is 171 Å². The maximum absolute atomic E-state index is 12.9. The maximum atomic E-state index is 12.9. The molecule has 1 fully saturated rings. The van der Waals surface area contributed by atoms with Gasteiger partial charge in [-0.2, -0.15) is 0 Å². The van der Waals surface area contributed by atoms with Crippen LogP contribution < -0.4 is 0 Å². The standard InChI is InChI=1S/C23H17N5O2/c29-23(28-9-11-30-12-10-28)14-5-6-17-18(13-14)27-22-16-4-2-8-25-20(16)19-15(21(22)26-17)3-1-7-24-19/h1-8,13H,9-12H2. The number of hydrogen-bond acceptors (Lipinski definition) is 6. The van der Waals surface area contributed by atoms with Gasteiger partial charge in [-0.05, 0) is 42.5 Å². The van der Waals surface area contributed by atoms with Gasteiger partial charge < -0.3 is 9.64 Å². The van der Waals surface area contributed by atoms with Crippen LogP contribution in [0.3, 0.4) is 0 Å². The van der Waals surface area contributed by atoms with E-state index >= 15 is 0 Å². The molecular formula is C23H17N5O2. The van der Waals surface area contributed by atoms with E-state index in [1.54, 1.807) is 12.4 Å². The molecule has 0 bridgehead atoms. The molecular weight excluding hydrogens is 378 g/mol. The maximum Gasteiger partial charge on any atom is 0.254 e. The Morgan fingerprint density at radius 2 is 1.43 bits per heavy atom. The van der Waals surface area contributed by atoms with Gasteiger partial charge in [0.05, 0.1) is 46.3 Å². The first-order chi connectivity index (χ1) is 14.8. The van der Waals surface area contributed by atoms with Crippen LogP contribution in [0.25, 0.3) is 43.9 Å². The van der Waals surface area contributed by atoms with Gasteiger partial charge in [0.1, 0.15) is 0 Å². The first kappa shape index (κ1) is 17.2. The molecule has 0 spiro atoms. The Morgan fingerprint density at radius 1 is 0.800 bits per heavy atom. The van der Waals surface area contributed by atoms with Crippen LogP contribution >= 0.6 is 0 Å². The lowest BCUT2D eigenvalue weighted by atomic mass is 10.1. The Balaban J connectivity index is 1.60. The van der Waals surface area contributed by atoms with Gasteiger partial charge in [0.15, 0.2) is 0 Å². The lowest BCUT2D eigenvalue weighted by molar-refractivity contribution is 0.0303. The largest absolute Gasteiger partial charge is 0.378 e. The third-order valence-electron chi connectivity index (χ3n) is 5.56. The average Bonchev–Trinajstić information content (AvgIpc) is 2.83. The zero-order valence-electron chi connectivity index (χ0n) is 16.1. The highest BCUT2D eigenvalue weighted by Crippen LogP contribution is 2.31. The van der Waals surface area contributed by atoms with Gasteiger partial charge in [0, 0.05) is 41.8 Å². The molecule has 0 saturated carbocycles. The van der Waals surface area contributed by atoms with Crippen molar-refractivity contribution >= 4 is 49.8 Å². The summed E-state index contributed by atoms with van der Waals surface area (Å²) >= 11 is 0. The molecule has 0 radical (unpaired) electrons. The van der Waals surface area contributed by atoms with Crippen molar-refractivity contribution in [2.45, 2.75) is 0 Å². The molecule has 0 unspecified atom stereocenters. The van der Waals surface area contributed by atoms with Crippen LogP contribution in [0.1, 0.15) is 10.4 Å². The first-order valence-electron chi connectivity index (χ1n) is 9.89. The van der Waals surface area contributed by atoms with Gasteiger partial charge in [-0.25, -0.2) is 9.97 Å². The van der Waals surface area contributed by atoms with Gasteiger partial charge in [0.25, 0.3) is 5.91 Å². The number of rotatable bonds is 1. The Hall–Kier alpha value is -3.71. The minimum atomic E-state index is -0.00340. The van der Waals surface area contributed by atoms with E-state index in [0.29, 0.717) is 37.4 Å². The Bertz CT molecular complexity index is 1460. The molecule has 1 aliphatic heterocycles. The molecule has 7 nitrogen and oxygen atoms in total. The zero-order valence-corrected chi connectivity index (χ0v) is 16.1. The number of carbonyl (C=O) groups is 1. The Morgan fingerprint density at radius 3 is 2.10 bits per heavy atom. The number of amides is 1. The topological polar surface area (TPSA) is 81.1 Å². The molecule has 0 atom stereocenters. The van der Waals surface area contributed by atoms with Gasteiger partial charge in [0.2, 0.25) is 0 Å². The van der Waals surface area contributed by atoms with Crippen molar-refractivity contribution in [1.29, 1.82) is 0 Å². The third-order valence-corrected chi connectivity index (χ3v) is 5.56. The van der Waals surface area contributed by atoms with Crippen molar-refractivity contribution in [2.24, 2.45) is 0 Å². The summed E-state index contributed by atoms with van der Waals surface area (Å²) in [7, 11) is 0. The van der Waals surface area contributed by atoms with Crippen LogP contribution in [0, 0.1) is 0 Å². The molecule has 6 rings (SSSR count). The van der Waals surface area contributed by atoms with Crippen LogP contribution in [0.2, 0.25) is 0 Å². The van der Waals surface area contributed by atoms with E-state index in [-0.39, 0.29) is 5.91 Å². The number of pyridine rings is 2. The molecule has 5 aromatic rings. The minimum absolute atomic E-state index is 0.00340.